The number of rotatable bonds is 5. The molecule has 5 aliphatic rings. The maximum Gasteiger partial charge on any atom is 0.252 e. The van der Waals surface area contributed by atoms with Gasteiger partial charge in [0, 0.05) is 61.8 Å². The highest BCUT2D eigenvalue weighted by molar-refractivity contribution is 7.00. The summed E-state index contributed by atoms with van der Waals surface area (Å²) >= 11 is 0. The summed E-state index contributed by atoms with van der Waals surface area (Å²) in [7, 11) is 0. The van der Waals surface area contributed by atoms with E-state index in [9.17, 15) is 0 Å². The Balaban J connectivity index is 1.19. The Morgan fingerprint density at radius 1 is 0.422 bits per heavy atom. The molecule has 0 amide bonds. The van der Waals surface area contributed by atoms with Crippen LogP contribution in [-0.2, 0) is 37.9 Å². The van der Waals surface area contributed by atoms with Crippen molar-refractivity contribution in [3.63, 3.8) is 0 Å². The van der Waals surface area contributed by atoms with Crippen molar-refractivity contribution in [2.24, 2.45) is 0 Å². The summed E-state index contributed by atoms with van der Waals surface area (Å²) in [5, 5.41) is 2.30. The molecule has 0 fully saturated rings. The molecule has 2 aliphatic heterocycles. The summed E-state index contributed by atoms with van der Waals surface area (Å²) in [5.74, 6) is 0. The van der Waals surface area contributed by atoms with Gasteiger partial charge in [-0.25, -0.2) is 0 Å². The van der Waals surface area contributed by atoms with Crippen LogP contribution in [0.3, 0.4) is 0 Å². The Hall–Kier alpha value is -6.98. The molecule has 0 bridgehead atoms. The number of furan rings is 1. The van der Waals surface area contributed by atoms with Crippen LogP contribution in [0.5, 0.6) is 0 Å². The summed E-state index contributed by atoms with van der Waals surface area (Å²) < 4.78 is 6.96. The second-order valence-corrected chi connectivity index (χ2v) is 31.1. The van der Waals surface area contributed by atoms with Gasteiger partial charge in [-0.3, -0.25) is 0 Å². The molecule has 4 nitrogen and oxygen atoms in total. The quantitative estimate of drug-likeness (QED) is 0.160. The first-order chi connectivity index (χ1) is 39.1. The number of nitrogens with zero attached hydrogens (tertiary/aromatic N) is 3. The van der Waals surface area contributed by atoms with Crippen LogP contribution in [-0.4, -0.2) is 6.71 Å². The molecule has 8 aromatic carbocycles. The SMILES string of the molecule is Cc1ccccc1N(c1cc2c3c(c1)N(c1cc(C(C)(C)C)c4oc5ccccc5c4c1)c1cc4c(cc1B3c1cc3c(cc1N2c1ccc2c(c1)C(C)(C)CCC2(C)C)C(C)(C)CCC3(C)C)C(C)(C)CCC4(C)C)c1ccccc1C. The van der Waals surface area contributed by atoms with Gasteiger partial charge < -0.3 is 19.1 Å². The van der Waals surface area contributed by atoms with E-state index < -0.39 is 0 Å². The topological polar surface area (TPSA) is 22.9 Å². The second-order valence-electron chi connectivity index (χ2n) is 31.1. The molecule has 0 N–H and O–H groups in total. The first-order valence-corrected chi connectivity index (χ1v) is 31.2. The van der Waals surface area contributed by atoms with Gasteiger partial charge in [-0.2, -0.15) is 0 Å². The summed E-state index contributed by atoms with van der Waals surface area (Å²) in [5.41, 5.74) is 29.3. The molecule has 3 aliphatic carbocycles. The van der Waals surface area contributed by atoms with Gasteiger partial charge in [0.05, 0.1) is 5.69 Å². The van der Waals surface area contributed by atoms with Crippen molar-refractivity contribution in [3.05, 3.63) is 190 Å². The standard InChI is InChI=1S/C78H86BN3O/c1-47-24-18-21-27-63(47)81(64-28-22-19-25-48(64)2)51-41-67-70-68(42-51)82(50-38-53-52-26-20-23-29-69(52)83-71(53)60(40-50)72(3,4)5)66-46-59-57(76(12,13)35-37-78(59,16)17)44-62(66)79(70)61-43-56-58(77(14,15)36-34-75(56,10)11)45-65(61)80(67)49-30-31-54-55(39-49)74(8,9)33-32-73(54,6)7/h18-31,38-46H,32-37H2,1-17H3. The summed E-state index contributed by atoms with van der Waals surface area (Å²) in [4.78, 5) is 8.05. The number of para-hydroxylation sites is 3. The third-order valence-electron chi connectivity index (χ3n) is 21.6. The van der Waals surface area contributed by atoms with E-state index in [1.54, 1.807) is 0 Å². The number of hydrogen-bond donors (Lipinski definition) is 0. The van der Waals surface area contributed by atoms with E-state index in [0.717, 1.165) is 65.4 Å². The zero-order chi connectivity index (χ0) is 58.5. The fourth-order valence-corrected chi connectivity index (χ4v) is 16.0. The van der Waals surface area contributed by atoms with Crippen molar-refractivity contribution < 1.29 is 4.42 Å². The first kappa shape index (κ1) is 54.0. The molecular formula is C78H86BN3O. The summed E-state index contributed by atoms with van der Waals surface area (Å²) in [6, 6.07) is 55.3. The molecule has 0 saturated carbocycles. The van der Waals surface area contributed by atoms with Crippen molar-refractivity contribution in [1.82, 2.24) is 0 Å². The smallest absolute Gasteiger partial charge is 0.252 e. The van der Waals surface area contributed by atoms with E-state index in [1.165, 1.54) is 113 Å². The largest absolute Gasteiger partial charge is 0.456 e. The molecule has 0 radical (unpaired) electrons. The van der Waals surface area contributed by atoms with Crippen LogP contribution in [0, 0.1) is 13.8 Å². The van der Waals surface area contributed by atoms with E-state index in [-0.39, 0.29) is 44.6 Å². The number of aryl methyl sites for hydroxylation is 2. The third kappa shape index (κ3) is 8.12. The fraction of sp³-hybridized carbons (Fsp3) is 0.385. The van der Waals surface area contributed by atoms with E-state index in [2.05, 4.69) is 272 Å². The van der Waals surface area contributed by atoms with Gasteiger partial charge in [0.2, 0.25) is 0 Å². The lowest BCUT2D eigenvalue weighted by Gasteiger charge is -2.49. The van der Waals surface area contributed by atoms with Crippen molar-refractivity contribution in [1.29, 1.82) is 0 Å². The van der Waals surface area contributed by atoms with Gasteiger partial charge in [0.1, 0.15) is 11.2 Å². The van der Waals surface area contributed by atoms with E-state index in [0.29, 0.717) is 0 Å². The Labute approximate surface area is 496 Å². The monoisotopic (exact) mass is 1090 g/mol. The molecule has 422 valence electrons. The molecular weight excluding hydrogens is 1010 g/mol. The predicted octanol–water partition coefficient (Wildman–Crippen LogP) is 20.1. The third-order valence-corrected chi connectivity index (χ3v) is 21.6. The highest BCUT2D eigenvalue weighted by atomic mass is 16.3. The average molecular weight is 1090 g/mol. The molecule has 0 atom stereocenters. The van der Waals surface area contributed by atoms with Crippen molar-refractivity contribution in [2.75, 3.05) is 14.7 Å². The van der Waals surface area contributed by atoms with E-state index in [4.69, 9.17) is 4.42 Å². The first-order valence-electron chi connectivity index (χ1n) is 31.2. The molecule has 9 aromatic rings. The second kappa shape index (κ2) is 17.8. The maximum absolute atomic E-state index is 6.96. The molecule has 0 saturated heterocycles. The molecule has 3 heterocycles. The van der Waals surface area contributed by atoms with Gasteiger partial charge in [-0.1, -0.05) is 177 Å². The van der Waals surface area contributed by atoms with Gasteiger partial charge in [0.25, 0.3) is 6.71 Å². The minimum absolute atomic E-state index is 0.00176. The fourth-order valence-electron chi connectivity index (χ4n) is 16.0. The number of anilines is 9. The number of hydrogen-bond acceptors (Lipinski definition) is 4. The van der Waals surface area contributed by atoms with Crippen molar-refractivity contribution in [2.45, 2.75) is 194 Å². The van der Waals surface area contributed by atoms with E-state index >= 15 is 0 Å². The zero-order valence-corrected chi connectivity index (χ0v) is 52.8. The molecule has 1 aromatic heterocycles. The maximum atomic E-state index is 6.96. The Morgan fingerprint density at radius 3 is 1.35 bits per heavy atom. The molecule has 0 spiro atoms. The molecule has 0 unspecified atom stereocenters. The number of benzene rings is 8. The lowest BCUT2D eigenvalue weighted by Crippen LogP contribution is -2.62. The lowest BCUT2D eigenvalue weighted by atomic mass is 9.32. The highest BCUT2D eigenvalue weighted by Crippen LogP contribution is 2.56. The van der Waals surface area contributed by atoms with E-state index in [1.807, 2.05) is 0 Å². The minimum atomic E-state index is -0.233. The van der Waals surface area contributed by atoms with Gasteiger partial charge in [-0.05, 0) is 218 Å². The predicted molar refractivity (Wildman–Crippen MR) is 356 cm³/mol. The van der Waals surface area contributed by atoms with Gasteiger partial charge in [-0.15, -0.1) is 0 Å². The molecule has 5 heteroatoms. The lowest BCUT2D eigenvalue weighted by molar-refractivity contribution is 0.332. The average Bonchev–Trinajstić information content (AvgIpc) is 1.26. The summed E-state index contributed by atoms with van der Waals surface area (Å²) in [6.45, 7) is 41.5. The Morgan fingerprint density at radius 2 is 0.855 bits per heavy atom. The van der Waals surface area contributed by atoms with Crippen LogP contribution in [0.25, 0.3) is 21.9 Å². The van der Waals surface area contributed by atoms with Crippen molar-refractivity contribution in [3.8, 4) is 0 Å². The Kier molecular flexibility index (Phi) is 11.6. The Bertz CT molecular complexity index is 4160. The number of fused-ring (bicyclic) bond motifs is 10. The van der Waals surface area contributed by atoms with Crippen LogP contribution < -0.4 is 31.1 Å². The zero-order valence-electron chi connectivity index (χ0n) is 52.8. The van der Waals surface area contributed by atoms with Crippen LogP contribution in [0.15, 0.2) is 144 Å². The van der Waals surface area contributed by atoms with Gasteiger partial charge >= 0.3 is 0 Å². The van der Waals surface area contributed by atoms with Crippen LogP contribution in [0.1, 0.15) is 192 Å². The molecule has 14 rings (SSSR count). The molecule has 83 heavy (non-hydrogen) atoms. The van der Waals surface area contributed by atoms with Crippen LogP contribution in [0.4, 0.5) is 51.2 Å². The van der Waals surface area contributed by atoms with Crippen LogP contribution >= 0.6 is 0 Å². The normalized spacial score (nSPS) is 19.1. The van der Waals surface area contributed by atoms with Crippen molar-refractivity contribution >= 4 is 96.2 Å². The van der Waals surface area contributed by atoms with Gasteiger partial charge in [0.15, 0.2) is 0 Å². The minimum Gasteiger partial charge on any atom is -0.456 e. The highest BCUT2D eigenvalue weighted by Gasteiger charge is 2.50. The van der Waals surface area contributed by atoms with Crippen LogP contribution in [0.2, 0.25) is 0 Å². The summed E-state index contributed by atoms with van der Waals surface area (Å²) in [6.07, 6.45) is 6.89.